The number of aromatic nitrogens is 2. The predicted molar refractivity (Wildman–Crippen MR) is 80.3 cm³/mol. The Bertz CT molecular complexity index is 624. The second kappa shape index (κ2) is 6.67. The maximum Gasteiger partial charge on any atom is 0.262 e. The number of nitrogens with one attached hydrogen (secondary N) is 1. The van der Waals surface area contributed by atoms with E-state index in [4.69, 9.17) is 17.0 Å². The van der Waals surface area contributed by atoms with Crippen molar-refractivity contribution in [3.63, 3.8) is 0 Å². The number of aromatic hydroxyl groups is 1. The van der Waals surface area contributed by atoms with Crippen LogP contribution >= 0.6 is 12.2 Å². The second-order valence-corrected chi connectivity index (χ2v) is 5.09. The lowest BCUT2D eigenvalue weighted by molar-refractivity contribution is 0.0787. The lowest BCUT2D eigenvalue weighted by Crippen LogP contribution is -2.17. The molecule has 1 aromatic heterocycles. The highest BCUT2D eigenvalue weighted by Crippen LogP contribution is 2.20. The Morgan fingerprint density at radius 1 is 1.50 bits per heavy atom. The third-order valence-corrected chi connectivity index (χ3v) is 3.64. The van der Waals surface area contributed by atoms with Gasteiger partial charge in [0.2, 0.25) is 5.88 Å². The van der Waals surface area contributed by atoms with Crippen molar-refractivity contribution in [3.05, 3.63) is 39.4 Å². The molecule has 0 saturated carbocycles. The number of hydrogen-bond donors (Lipinski definition) is 2. The van der Waals surface area contributed by atoms with Crippen LogP contribution in [0.4, 0.5) is 0 Å². The summed E-state index contributed by atoms with van der Waals surface area (Å²) in [5.74, 6) is 0.251. The summed E-state index contributed by atoms with van der Waals surface area (Å²) in [5.41, 5.74) is -0.150. The normalized spacial score (nSPS) is 16.6. The van der Waals surface area contributed by atoms with Crippen LogP contribution in [-0.2, 0) is 11.3 Å². The fraction of sp³-hybridized carbons (Fsp3) is 0.429. The fourth-order valence-electron chi connectivity index (χ4n) is 2.16. The summed E-state index contributed by atoms with van der Waals surface area (Å²) >= 11 is 5.02. The molecule has 1 fully saturated rings. The molecule has 1 aromatic rings. The first-order valence-corrected chi connectivity index (χ1v) is 6.97. The molecule has 2 rings (SSSR count). The van der Waals surface area contributed by atoms with E-state index in [0.717, 1.165) is 26.1 Å². The minimum Gasteiger partial charge on any atom is -0.494 e. The standard InChI is InChI=1S/C14H18N2O3S/c1-2-7-16-13(18)11(12(17)15-14(16)20)4-3-10-5-8-19-9-6-10/h2-4,10,18H,1,5-9H2,(H,15,17,20). The molecular weight excluding hydrogens is 276 g/mol. The van der Waals surface area contributed by atoms with Gasteiger partial charge in [-0.25, -0.2) is 0 Å². The Balaban J connectivity index is 2.33. The highest BCUT2D eigenvalue weighted by Gasteiger charge is 2.13. The summed E-state index contributed by atoms with van der Waals surface area (Å²) in [4.78, 5) is 14.5. The van der Waals surface area contributed by atoms with E-state index in [1.54, 1.807) is 12.2 Å². The molecule has 0 unspecified atom stereocenters. The smallest absolute Gasteiger partial charge is 0.262 e. The maximum atomic E-state index is 11.9. The van der Waals surface area contributed by atoms with Crippen LogP contribution in [0.3, 0.4) is 0 Å². The number of nitrogens with zero attached hydrogens (tertiary/aromatic N) is 1. The number of rotatable bonds is 4. The van der Waals surface area contributed by atoms with Crippen molar-refractivity contribution in [1.29, 1.82) is 0 Å². The van der Waals surface area contributed by atoms with Gasteiger partial charge < -0.3 is 9.84 Å². The molecule has 1 aliphatic rings. The van der Waals surface area contributed by atoms with Crippen molar-refractivity contribution in [2.45, 2.75) is 19.4 Å². The Hall–Kier alpha value is -1.66. The summed E-state index contributed by atoms with van der Waals surface area (Å²) in [6.07, 6.45) is 7.09. The molecule has 0 radical (unpaired) electrons. The maximum absolute atomic E-state index is 11.9. The van der Waals surface area contributed by atoms with Crippen molar-refractivity contribution < 1.29 is 9.84 Å². The average Bonchev–Trinajstić information content (AvgIpc) is 2.44. The molecule has 0 aliphatic carbocycles. The summed E-state index contributed by atoms with van der Waals surface area (Å²) < 4.78 is 6.91. The summed E-state index contributed by atoms with van der Waals surface area (Å²) in [5, 5.41) is 10.2. The quantitative estimate of drug-likeness (QED) is 0.660. The Morgan fingerprint density at radius 2 is 2.20 bits per heavy atom. The van der Waals surface area contributed by atoms with Crippen LogP contribution in [-0.4, -0.2) is 27.9 Å². The molecule has 0 aromatic carbocycles. The third-order valence-electron chi connectivity index (χ3n) is 3.32. The molecule has 1 aliphatic heterocycles. The number of hydrogen-bond acceptors (Lipinski definition) is 4. The van der Waals surface area contributed by atoms with Gasteiger partial charge in [-0.3, -0.25) is 14.3 Å². The van der Waals surface area contributed by atoms with Crippen molar-refractivity contribution in [3.8, 4) is 5.88 Å². The van der Waals surface area contributed by atoms with Gasteiger partial charge in [-0.15, -0.1) is 6.58 Å². The van der Waals surface area contributed by atoms with Crippen molar-refractivity contribution >= 4 is 18.3 Å². The van der Waals surface area contributed by atoms with E-state index in [1.807, 2.05) is 6.08 Å². The Labute approximate surface area is 122 Å². The van der Waals surface area contributed by atoms with Gasteiger partial charge in [0.25, 0.3) is 5.56 Å². The van der Waals surface area contributed by atoms with Gasteiger partial charge in [-0.1, -0.05) is 12.2 Å². The molecule has 0 bridgehead atoms. The molecule has 1 saturated heterocycles. The number of H-pyrrole nitrogens is 1. The first-order valence-electron chi connectivity index (χ1n) is 6.56. The lowest BCUT2D eigenvalue weighted by Gasteiger charge is -2.18. The van der Waals surface area contributed by atoms with Crippen LogP contribution in [0.2, 0.25) is 0 Å². The summed E-state index contributed by atoms with van der Waals surface area (Å²) in [6.45, 7) is 5.42. The highest BCUT2D eigenvalue weighted by atomic mass is 32.1. The monoisotopic (exact) mass is 294 g/mol. The minimum atomic E-state index is -0.379. The van der Waals surface area contributed by atoms with Gasteiger partial charge in [-0.05, 0) is 37.1 Å². The van der Waals surface area contributed by atoms with Gasteiger partial charge >= 0.3 is 0 Å². The highest BCUT2D eigenvalue weighted by molar-refractivity contribution is 7.71. The minimum absolute atomic E-state index is 0.123. The molecule has 2 N–H and O–H groups in total. The molecule has 5 nitrogen and oxygen atoms in total. The zero-order valence-corrected chi connectivity index (χ0v) is 12.0. The topological polar surface area (TPSA) is 67.2 Å². The van der Waals surface area contributed by atoms with Gasteiger partial charge in [0, 0.05) is 19.8 Å². The van der Waals surface area contributed by atoms with E-state index >= 15 is 0 Å². The number of ether oxygens (including phenoxy) is 1. The third kappa shape index (κ3) is 3.26. The fourth-order valence-corrected chi connectivity index (χ4v) is 2.42. The Kier molecular flexibility index (Phi) is 4.92. The molecule has 108 valence electrons. The molecule has 0 atom stereocenters. The van der Waals surface area contributed by atoms with Gasteiger partial charge in [0.15, 0.2) is 4.77 Å². The number of allylic oxidation sites excluding steroid dienone is 2. The molecule has 2 heterocycles. The van der Waals surface area contributed by atoms with Crippen molar-refractivity contribution in [1.82, 2.24) is 9.55 Å². The first-order chi connectivity index (χ1) is 9.63. The van der Waals surface area contributed by atoms with E-state index in [2.05, 4.69) is 11.6 Å². The zero-order chi connectivity index (χ0) is 14.5. The van der Waals surface area contributed by atoms with E-state index in [9.17, 15) is 9.90 Å². The van der Waals surface area contributed by atoms with Crippen molar-refractivity contribution in [2.24, 2.45) is 5.92 Å². The van der Waals surface area contributed by atoms with E-state index in [0.29, 0.717) is 12.5 Å². The van der Waals surface area contributed by atoms with Crippen LogP contribution in [0, 0.1) is 10.7 Å². The van der Waals surface area contributed by atoms with Crippen LogP contribution in [0.5, 0.6) is 5.88 Å². The molecule has 0 amide bonds. The van der Waals surface area contributed by atoms with Crippen LogP contribution in [0.25, 0.3) is 6.08 Å². The average molecular weight is 294 g/mol. The van der Waals surface area contributed by atoms with Crippen LogP contribution in [0.1, 0.15) is 18.4 Å². The molecular formula is C14H18N2O3S. The van der Waals surface area contributed by atoms with Gasteiger partial charge in [0.05, 0.1) is 5.56 Å². The first kappa shape index (κ1) is 14.7. The van der Waals surface area contributed by atoms with Gasteiger partial charge in [0.1, 0.15) is 0 Å². The van der Waals surface area contributed by atoms with E-state index < -0.39 is 0 Å². The number of aromatic amines is 1. The van der Waals surface area contributed by atoms with E-state index in [-0.39, 0.29) is 21.8 Å². The Morgan fingerprint density at radius 3 is 2.85 bits per heavy atom. The second-order valence-electron chi connectivity index (χ2n) is 4.70. The van der Waals surface area contributed by atoms with E-state index in [1.165, 1.54) is 4.57 Å². The molecule has 20 heavy (non-hydrogen) atoms. The van der Waals surface area contributed by atoms with Crippen molar-refractivity contribution in [2.75, 3.05) is 13.2 Å². The zero-order valence-electron chi connectivity index (χ0n) is 11.2. The largest absolute Gasteiger partial charge is 0.494 e. The van der Waals surface area contributed by atoms with Gasteiger partial charge in [-0.2, -0.15) is 0 Å². The lowest BCUT2D eigenvalue weighted by atomic mass is 9.99. The molecule has 6 heteroatoms. The van der Waals surface area contributed by atoms with Crippen LogP contribution < -0.4 is 5.56 Å². The summed E-state index contributed by atoms with van der Waals surface area (Å²) in [6, 6.07) is 0. The molecule has 0 spiro atoms. The predicted octanol–water partition coefficient (Wildman–Crippen LogP) is 2.24. The van der Waals surface area contributed by atoms with Crippen LogP contribution in [0.15, 0.2) is 23.5 Å². The SMILES string of the molecule is C=CCn1c(O)c(C=CC2CCOCC2)c(=O)[nH]c1=S. The summed E-state index contributed by atoms with van der Waals surface area (Å²) in [7, 11) is 0.